The van der Waals surface area contributed by atoms with Crippen LogP contribution >= 0.6 is 15.9 Å². The van der Waals surface area contributed by atoms with Crippen molar-refractivity contribution in [1.29, 1.82) is 0 Å². The molecule has 2 nitrogen and oxygen atoms in total. The van der Waals surface area contributed by atoms with Gasteiger partial charge in [-0.15, -0.1) is 0 Å². The molecule has 2 aromatic carbocycles. The summed E-state index contributed by atoms with van der Waals surface area (Å²) in [6, 6.07) is 11.3. The topological polar surface area (TPSA) is 26.3 Å². The van der Waals surface area contributed by atoms with E-state index in [2.05, 4.69) is 15.9 Å². The van der Waals surface area contributed by atoms with E-state index in [1.807, 2.05) is 0 Å². The predicted octanol–water partition coefficient (Wildman–Crippen LogP) is 4.37. The maximum atomic E-state index is 12.7. The summed E-state index contributed by atoms with van der Waals surface area (Å²) >= 11 is 3.33. The van der Waals surface area contributed by atoms with Crippen LogP contribution in [0.25, 0.3) is 0 Å². The molecule has 2 aromatic rings. The fourth-order valence-corrected chi connectivity index (χ4v) is 2.26. The molecular weight excluding hydrogens is 311 g/mol. The van der Waals surface area contributed by atoms with Gasteiger partial charge in [-0.05, 0) is 58.7 Å². The Kier molecular flexibility index (Phi) is 4.32. The molecule has 0 saturated carbocycles. The van der Waals surface area contributed by atoms with E-state index in [9.17, 15) is 9.18 Å². The second kappa shape index (κ2) is 5.97. The molecule has 0 aliphatic rings. The molecule has 98 valence electrons. The van der Waals surface area contributed by atoms with Crippen LogP contribution in [-0.4, -0.2) is 5.78 Å². The van der Waals surface area contributed by atoms with Gasteiger partial charge in [0, 0.05) is 10.0 Å². The highest BCUT2D eigenvalue weighted by Gasteiger charge is 2.06. The standard InChI is InChI=1S/C15H12BrFO2/c1-10(18)14-7-6-13(8-15(14)16)19-9-11-2-4-12(17)5-3-11/h2-8H,9H2,1H3. The first-order valence-corrected chi connectivity index (χ1v) is 6.53. The molecule has 0 radical (unpaired) electrons. The van der Waals surface area contributed by atoms with Crippen LogP contribution in [0.5, 0.6) is 5.75 Å². The number of carbonyl (C=O) groups is 1. The lowest BCUT2D eigenvalue weighted by Crippen LogP contribution is -1.98. The largest absolute Gasteiger partial charge is 0.489 e. The molecular formula is C15H12BrFO2. The molecule has 0 amide bonds. The van der Waals surface area contributed by atoms with Gasteiger partial charge in [-0.3, -0.25) is 4.79 Å². The summed E-state index contributed by atoms with van der Waals surface area (Å²) in [5.41, 5.74) is 1.50. The SMILES string of the molecule is CC(=O)c1ccc(OCc2ccc(F)cc2)cc1Br. The molecule has 0 aromatic heterocycles. The molecule has 0 N–H and O–H groups in total. The van der Waals surface area contributed by atoms with Crippen molar-refractivity contribution in [2.45, 2.75) is 13.5 Å². The third kappa shape index (κ3) is 3.64. The second-order valence-corrected chi connectivity index (χ2v) is 4.97. The van der Waals surface area contributed by atoms with E-state index in [0.29, 0.717) is 22.4 Å². The van der Waals surface area contributed by atoms with Crippen LogP contribution in [0.2, 0.25) is 0 Å². The number of ketones is 1. The highest BCUT2D eigenvalue weighted by atomic mass is 79.9. The van der Waals surface area contributed by atoms with Gasteiger partial charge in [0.2, 0.25) is 0 Å². The van der Waals surface area contributed by atoms with Crippen LogP contribution in [0.4, 0.5) is 4.39 Å². The van der Waals surface area contributed by atoms with E-state index in [0.717, 1.165) is 5.56 Å². The summed E-state index contributed by atoms with van der Waals surface area (Å²) in [7, 11) is 0. The van der Waals surface area contributed by atoms with Gasteiger partial charge in [0.25, 0.3) is 0 Å². The average Bonchev–Trinajstić information content (AvgIpc) is 2.37. The zero-order valence-corrected chi connectivity index (χ0v) is 11.9. The fourth-order valence-electron chi connectivity index (χ4n) is 1.62. The summed E-state index contributed by atoms with van der Waals surface area (Å²) in [4.78, 5) is 11.3. The Hall–Kier alpha value is -1.68. The Morgan fingerprint density at radius 2 is 1.89 bits per heavy atom. The van der Waals surface area contributed by atoms with E-state index in [1.165, 1.54) is 19.1 Å². The van der Waals surface area contributed by atoms with Crippen LogP contribution in [-0.2, 0) is 6.61 Å². The van der Waals surface area contributed by atoms with Crippen LogP contribution < -0.4 is 4.74 Å². The van der Waals surface area contributed by atoms with E-state index >= 15 is 0 Å². The predicted molar refractivity (Wildman–Crippen MR) is 74.9 cm³/mol. The van der Waals surface area contributed by atoms with Gasteiger partial charge < -0.3 is 4.74 Å². The lowest BCUT2D eigenvalue weighted by Gasteiger charge is -2.08. The second-order valence-electron chi connectivity index (χ2n) is 4.11. The minimum Gasteiger partial charge on any atom is -0.489 e. The number of ether oxygens (including phenoxy) is 1. The molecule has 0 aliphatic carbocycles. The summed E-state index contributed by atoms with van der Waals surface area (Å²) in [5, 5.41) is 0. The van der Waals surface area contributed by atoms with Crippen LogP contribution in [0.15, 0.2) is 46.9 Å². The molecule has 0 fully saturated rings. The first-order chi connectivity index (χ1) is 9.06. The number of hydrogen-bond acceptors (Lipinski definition) is 2. The summed E-state index contributed by atoms with van der Waals surface area (Å²) in [6.07, 6.45) is 0. The lowest BCUT2D eigenvalue weighted by molar-refractivity contribution is 0.101. The van der Waals surface area contributed by atoms with Gasteiger partial charge in [0.1, 0.15) is 18.2 Å². The van der Waals surface area contributed by atoms with Crippen LogP contribution in [0.3, 0.4) is 0 Å². The molecule has 19 heavy (non-hydrogen) atoms. The number of rotatable bonds is 4. The molecule has 0 unspecified atom stereocenters. The minimum absolute atomic E-state index is 0.00282. The van der Waals surface area contributed by atoms with E-state index in [-0.39, 0.29) is 11.6 Å². The van der Waals surface area contributed by atoms with E-state index in [4.69, 9.17) is 4.74 Å². The Morgan fingerprint density at radius 1 is 1.21 bits per heavy atom. The molecule has 0 heterocycles. The Morgan fingerprint density at radius 3 is 2.47 bits per heavy atom. The molecule has 0 atom stereocenters. The van der Waals surface area contributed by atoms with Crippen molar-refractivity contribution in [3.05, 3.63) is 63.9 Å². The number of carbonyl (C=O) groups excluding carboxylic acids is 1. The van der Waals surface area contributed by atoms with Crippen molar-refractivity contribution >= 4 is 21.7 Å². The molecule has 2 rings (SSSR count). The van der Waals surface area contributed by atoms with Crippen molar-refractivity contribution in [1.82, 2.24) is 0 Å². The summed E-state index contributed by atoms with van der Waals surface area (Å²) < 4.78 is 19.0. The minimum atomic E-state index is -0.266. The van der Waals surface area contributed by atoms with Crippen molar-refractivity contribution < 1.29 is 13.9 Å². The number of halogens is 2. The van der Waals surface area contributed by atoms with Gasteiger partial charge >= 0.3 is 0 Å². The monoisotopic (exact) mass is 322 g/mol. The number of hydrogen-bond donors (Lipinski definition) is 0. The molecule has 0 spiro atoms. The highest BCUT2D eigenvalue weighted by molar-refractivity contribution is 9.10. The summed E-state index contributed by atoms with van der Waals surface area (Å²) in [5.74, 6) is 0.385. The summed E-state index contributed by atoms with van der Waals surface area (Å²) in [6.45, 7) is 1.87. The molecule has 0 saturated heterocycles. The van der Waals surface area contributed by atoms with Gasteiger partial charge in [0.15, 0.2) is 5.78 Å². The smallest absolute Gasteiger partial charge is 0.160 e. The van der Waals surface area contributed by atoms with Crippen molar-refractivity contribution in [3.63, 3.8) is 0 Å². The Bertz CT molecular complexity index is 594. The number of Topliss-reactive ketones (excluding diaryl/α,β-unsaturated/α-hetero) is 1. The Balaban J connectivity index is 2.06. The van der Waals surface area contributed by atoms with Crippen LogP contribution in [0, 0.1) is 5.82 Å². The van der Waals surface area contributed by atoms with Gasteiger partial charge in [-0.25, -0.2) is 4.39 Å². The zero-order valence-electron chi connectivity index (χ0n) is 10.3. The number of benzene rings is 2. The molecule has 0 aliphatic heterocycles. The van der Waals surface area contributed by atoms with Crippen molar-refractivity contribution in [2.75, 3.05) is 0 Å². The van der Waals surface area contributed by atoms with E-state index in [1.54, 1.807) is 30.3 Å². The first kappa shape index (κ1) is 13.7. The Labute approximate surface area is 119 Å². The van der Waals surface area contributed by atoms with Gasteiger partial charge in [-0.1, -0.05) is 12.1 Å². The maximum Gasteiger partial charge on any atom is 0.160 e. The average molecular weight is 323 g/mol. The van der Waals surface area contributed by atoms with Gasteiger partial charge in [-0.2, -0.15) is 0 Å². The lowest BCUT2D eigenvalue weighted by atomic mass is 10.1. The van der Waals surface area contributed by atoms with Crippen molar-refractivity contribution in [2.24, 2.45) is 0 Å². The van der Waals surface area contributed by atoms with Crippen molar-refractivity contribution in [3.8, 4) is 5.75 Å². The first-order valence-electron chi connectivity index (χ1n) is 5.74. The van der Waals surface area contributed by atoms with Gasteiger partial charge in [0.05, 0.1) is 0 Å². The molecule has 0 bridgehead atoms. The zero-order chi connectivity index (χ0) is 13.8. The molecule has 4 heteroatoms. The highest BCUT2D eigenvalue weighted by Crippen LogP contribution is 2.24. The third-order valence-electron chi connectivity index (χ3n) is 2.64. The fraction of sp³-hybridized carbons (Fsp3) is 0.133. The quantitative estimate of drug-likeness (QED) is 0.781. The third-order valence-corrected chi connectivity index (χ3v) is 3.29. The maximum absolute atomic E-state index is 12.7. The normalized spacial score (nSPS) is 10.3. The van der Waals surface area contributed by atoms with E-state index < -0.39 is 0 Å². The van der Waals surface area contributed by atoms with Crippen LogP contribution in [0.1, 0.15) is 22.8 Å².